The van der Waals surface area contributed by atoms with Gasteiger partial charge in [0.1, 0.15) is 16.6 Å². The highest BCUT2D eigenvalue weighted by Crippen LogP contribution is 2.27. The number of nitrogens with zero attached hydrogens (tertiary/aromatic N) is 3. The Labute approximate surface area is 213 Å². The van der Waals surface area contributed by atoms with E-state index in [1.54, 1.807) is 0 Å². The van der Waals surface area contributed by atoms with Crippen LogP contribution in [0, 0.1) is 40.9 Å². The van der Waals surface area contributed by atoms with Gasteiger partial charge >= 0.3 is 6.09 Å². The highest BCUT2D eigenvalue weighted by Gasteiger charge is 2.29. The van der Waals surface area contributed by atoms with Crippen molar-refractivity contribution in [3.63, 3.8) is 0 Å². The Morgan fingerprint density at radius 2 is 1.83 bits per heavy atom. The Balaban J connectivity index is 1.57. The van der Waals surface area contributed by atoms with E-state index in [-0.39, 0.29) is 23.9 Å². The number of rotatable bonds is 4. The van der Waals surface area contributed by atoms with Crippen LogP contribution in [0.4, 0.5) is 4.79 Å². The Hall–Kier alpha value is -2.13. The van der Waals surface area contributed by atoms with Gasteiger partial charge < -0.3 is 10.1 Å². The number of likely N-dealkylation sites (tertiary alicyclic amines) is 1. The first-order valence-corrected chi connectivity index (χ1v) is 13.9. The largest absolute Gasteiger partial charge is 0.444 e. The Morgan fingerprint density at radius 1 is 1.17 bits per heavy atom. The van der Waals surface area contributed by atoms with Crippen molar-refractivity contribution in [2.45, 2.75) is 78.0 Å². The molecule has 35 heavy (non-hydrogen) atoms. The number of alkyl carbamates (subject to hydrolysis) is 1. The molecule has 2 saturated heterocycles. The van der Waals surface area contributed by atoms with Crippen molar-refractivity contribution in [1.82, 2.24) is 14.5 Å². The average Bonchev–Trinajstić information content (AvgIpc) is 2.81. The molecule has 2 fully saturated rings. The number of carbonyl (C=O) groups excluding carboxylic acids is 1. The summed E-state index contributed by atoms with van der Waals surface area (Å²) >= 11 is 0. The lowest BCUT2D eigenvalue weighted by molar-refractivity contribution is 0.0490. The van der Waals surface area contributed by atoms with Crippen LogP contribution in [0.1, 0.15) is 60.3 Å². The highest BCUT2D eigenvalue weighted by molar-refractivity contribution is 7.86. The fourth-order valence-corrected chi connectivity index (χ4v) is 5.84. The standard InChI is InChI=1S/C27H40N4O3S/c1-20-10-14-30(15-11-20)21(2)6-7-22-18-25(9-8-23(22)19-28)35(33)31-16-12-24(13-17-31)29-26(32)34-27(3,4)5/h8-9,18,20-24H,10-17H2,1-5H3,(H,29,32). The highest BCUT2D eigenvalue weighted by atomic mass is 32.2. The molecule has 192 valence electrons. The molecule has 0 bridgehead atoms. The molecule has 2 aliphatic heterocycles. The molecule has 1 aliphatic carbocycles. The second-order valence-electron chi connectivity index (χ2n) is 10.9. The summed E-state index contributed by atoms with van der Waals surface area (Å²) in [5.41, 5.74) is -0.531. The predicted molar refractivity (Wildman–Crippen MR) is 139 cm³/mol. The van der Waals surface area contributed by atoms with Gasteiger partial charge in [0, 0.05) is 19.1 Å². The summed E-state index contributed by atoms with van der Waals surface area (Å²) in [5.74, 6) is 6.85. The molecule has 0 spiro atoms. The van der Waals surface area contributed by atoms with Crippen LogP contribution in [0.2, 0.25) is 0 Å². The summed E-state index contributed by atoms with van der Waals surface area (Å²) in [6, 6.07) is 2.48. The maximum absolute atomic E-state index is 13.3. The number of hydrogen-bond acceptors (Lipinski definition) is 5. The van der Waals surface area contributed by atoms with Crippen LogP contribution in [0.15, 0.2) is 23.1 Å². The van der Waals surface area contributed by atoms with Gasteiger partial charge in [-0.25, -0.2) is 13.3 Å². The summed E-state index contributed by atoms with van der Waals surface area (Å²) in [5, 5.41) is 12.5. The first kappa shape index (κ1) is 27.5. The number of carbonyl (C=O) groups is 1. The van der Waals surface area contributed by atoms with Gasteiger partial charge in [-0.2, -0.15) is 5.26 Å². The number of allylic oxidation sites excluding steroid dienone is 3. The smallest absolute Gasteiger partial charge is 0.407 e. The average molecular weight is 501 g/mol. The monoisotopic (exact) mass is 500 g/mol. The lowest BCUT2D eigenvalue weighted by atomic mass is 9.89. The molecule has 1 N–H and O–H groups in total. The van der Waals surface area contributed by atoms with Crippen molar-refractivity contribution in [1.29, 1.82) is 5.26 Å². The van der Waals surface area contributed by atoms with Crippen molar-refractivity contribution in [3.05, 3.63) is 23.1 Å². The Bertz CT molecular complexity index is 936. The van der Waals surface area contributed by atoms with E-state index >= 15 is 0 Å². The molecule has 4 unspecified atom stereocenters. The van der Waals surface area contributed by atoms with E-state index in [2.05, 4.69) is 42.0 Å². The van der Waals surface area contributed by atoms with Gasteiger partial charge in [0.25, 0.3) is 0 Å². The van der Waals surface area contributed by atoms with Crippen LogP contribution in [0.3, 0.4) is 0 Å². The zero-order valence-electron chi connectivity index (χ0n) is 21.8. The van der Waals surface area contributed by atoms with Gasteiger partial charge in [-0.3, -0.25) is 4.90 Å². The van der Waals surface area contributed by atoms with Crippen molar-refractivity contribution in [3.8, 4) is 17.9 Å². The number of amides is 1. The normalized spacial score (nSPS) is 26.6. The molecule has 0 aromatic carbocycles. The van der Waals surface area contributed by atoms with Crippen LogP contribution in [0.25, 0.3) is 0 Å². The first-order valence-electron chi connectivity index (χ1n) is 12.8. The SMILES string of the molecule is CC1CCN(C(C)C#CC2C=C(S(=O)N3CCC(NC(=O)OC(C)(C)C)CC3)C=CC2C#N)CC1. The third-order valence-electron chi connectivity index (χ3n) is 6.78. The van der Waals surface area contributed by atoms with Crippen LogP contribution in [-0.2, 0) is 15.7 Å². The second-order valence-corrected chi connectivity index (χ2v) is 12.4. The summed E-state index contributed by atoms with van der Waals surface area (Å²) in [7, 11) is -1.32. The van der Waals surface area contributed by atoms with E-state index in [1.165, 1.54) is 12.8 Å². The van der Waals surface area contributed by atoms with Gasteiger partial charge in [-0.1, -0.05) is 30.9 Å². The van der Waals surface area contributed by atoms with Gasteiger partial charge in [0.2, 0.25) is 0 Å². The molecule has 8 heteroatoms. The molecule has 1 amide bonds. The van der Waals surface area contributed by atoms with E-state index < -0.39 is 22.7 Å². The maximum atomic E-state index is 13.3. The number of nitriles is 1. The Morgan fingerprint density at radius 3 is 2.43 bits per heavy atom. The molecule has 2 heterocycles. The molecule has 0 saturated carbocycles. The van der Waals surface area contributed by atoms with Crippen LogP contribution in [0.5, 0.6) is 0 Å². The van der Waals surface area contributed by atoms with E-state index in [0.717, 1.165) is 19.0 Å². The van der Waals surface area contributed by atoms with E-state index in [0.29, 0.717) is 30.8 Å². The molecule has 4 atom stereocenters. The van der Waals surface area contributed by atoms with Crippen LogP contribution >= 0.6 is 0 Å². The fraction of sp³-hybridized carbons (Fsp3) is 0.704. The second kappa shape index (κ2) is 12.2. The van der Waals surface area contributed by atoms with Crippen LogP contribution < -0.4 is 5.32 Å². The molecule has 0 aromatic heterocycles. The third kappa shape index (κ3) is 8.20. The minimum Gasteiger partial charge on any atom is -0.444 e. The van der Waals surface area contributed by atoms with Crippen molar-refractivity contribution in [2.75, 3.05) is 26.2 Å². The minimum absolute atomic E-state index is 0.00910. The topological polar surface area (TPSA) is 85.7 Å². The van der Waals surface area contributed by atoms with Gasteiger partial charge in [0.15, 0.2) is 0 Å². The number of piperidine rings is 2. The molecule has 3 aliphatic rings. The number of nitrogens with one attached hydrogen (secondary N) is 1. The molecular formula is C27H40N4O3S. The van der Waals surface area contributed by atoms with Gasteiger partial charge in [0.05, 0.1) is 28.9 Å². The molecule has 0 radical (unpaired) electrons. The minimum atomic E-state index is -1.32. The van der Waals surface area contributed by atoms with E-state index in [1.807, 2.05) is 43.3 Å². The van der Waals surface area contributed by atoms with E-state index in [9.17, 15) is 14.3 Å². The summed E-state index contributed by atoms with van der Waals surface area (Å²) < 4.78 is 20.6. The Kier molecular flexibility index (Phi) is 9.58. The predicted octanol–water partition coefficient (Wildman–Crippen LogP) is 3.97. The first-order chi connectivity index (χ1) is 16.6. The molecule has 0 aromatic rings. The summed E-state index contributed by atoms with van der Waals surface area (Å²) in [6.07, 6.45) is 8.95. The van der Waals surface area contributed by atoms with Crippen molar-refractivity contribution in [2.24, 2.45) is 17.8 Å². The summed E-state index contributed by atoms with van der Waals surface area (Å²) in [4.78, 5) is 15.2. The fourth-order valence-electron chi connectivity index (χ4n) is 4.54. The maximum Gasteiger partial charge on any atom is 0.407 e. The lowest BCUT2D eigenvalue weighted by Gasteiger charge is -2.33. The molecule has 7 nitrogen and oxygen atoms in total. The third-order valence-corrected chi connectivity index (χ3v) is 8.29. The zero-order chi connectivity index (χ0) is 25.6. The summed E-state index contributed by atoms with van der Waals surface area (Å²) in [6.45, 7) is 13.3. The van der Waals surface area contributed by atoms with Gasteiger partial charge in [-0.05, 0) is 78.5 Å². The van der Waals surface area contributed by atoms with E-state index in [4.69, 9.17) is 4.74 Å². The zero-order valence-corrected chi connectivity index (χ0v) is 22.6. The molecule has 3 rings (SSSR count). The van der Waals surface area contributed by atoms with Crippen molar-refractivity contribution >= 4 is 17.1 Å². The molecular weight excluding hydrogens is 460 g/mol. The quantitative estimate of drug-likeness (QED) is 0.591. The lowest BCUT2D eigenvalue weighted by Crippen LogP contribution is -2.46. The number of hydrogen-bond donors (Lipinski definition) is 1. The number of ether oxygens (including phenoxy) is 1. The van der Waals surface area contributed by atoms with Crippen LogP contribution in [-0.4, -0.2) is 63.4 Å². The van der Waals surface area contributed by atoms with Gasteiger partial charge in [-0.15, -0.1) is 0 Å². The van der Waals surface area contributed by atoms with Crippen molar-refractivity contribution < 1.29 is 13.7 Å².